The molecule has 2 amide bonds. The van der Waals surface area contributed by atoms with Crippen LogP contribution in [0.3, 0.4) is 0 Å². The average Bonchev–Trinajstić information content (AvgIpc) is 4.08. The molecule has 0 spiro atoms. The second-order valence-electron chi connectivity index (χ2n) is 13.1. The van der Waals surface area contributed by atoms with Crippen molar-refractivity contribution >= 4 is 56.6 Å². The Morgan fingerprint density at radius 2 is 1.06 bits per heavy atom. The van der Waals surface area contributed by atoms with Crippen molar-refractivity contribution in [1.82, 2.24) is 29.9 Å². The van der Waals surface area contributed by atoms with Gasteiger partial charge in [-0.25, -0.2) is 38.7 Å². The first-order valence-electron chi connectivity index (χ1n) is 16.7. The van der Waals surface area contributed by atoms with Gasteiger partial charge in [0, 0.05) is 46.7 Å². The van der Waals surface area contributed by atoms with Crippen LogP contribution >= 0.6 is 0 Å². The zero-order valence-electron chi connectivity index (χ0n) is 28.8. The summed E-state index contributed by atoms with van der Waals surface area (Å²) in [5, 5.41) is 26.2. The Balaban J connectivity index is 0.000000167. The van der Waals surface area contributed by atoms with E-state index in [9.17, 15) is 18.4 Å². The summed E-state index contributed by atoms with van der Waals surface area (Å²) in [4.78, 5) is 49.1. The van der Waals surface area contributed by atoms with Gasteiger partial charge in [0.15, 0.2) is 0 Å². The van der Waals surface area contributed by atoms with E-state index in [1.54, 1.807) is 36.7 Å². The topological polar surface area (TPSA) is 235 Å². The summed E-state index contributed by atoms with van der Waals surface area (Å²) < 4.78 is 26.1. The third-order valence-electron chi connectivity index (χ3n) is 9.08. The molecular formula is C38H30F2N12O2. The Hall–Kier alpha value is -7.20. The summed E-state index contributed by atoms with van der Waals surface area (Å²) >= 11 is 0. The van der Waals surface area contributed by atoms with Crippen molar-refractivity contribution in [1.29, 1.82) is 10.5 Å². The second-order valence-corrected chi connectivity index (χ2v) is 13.1. The SMILES string of the molecule is Cc1cnc(C#N)cc1-c1cc2cc(NC(=O)C3C[C@H]3F)ncc2c(N)n1.Cc1cnc(C#N)cc1-c1cc2cc(NC(=O)[C@@H]3C[C@@H]3F)ncc2c(N)n1. The lowest BCUT2D eigenvalue weighted by Crippen LogP contribution is -2.15. The summed E-state index contributed by atoms with van der Waals surface area (Å²) in [5.74, 6) is -0.712. The highest BCUT2D eigenvalue weighted by Crippen LogP contribution is 2.36. The van der Waals surface area contributed by atoms with Crippen LogP contribution in [0.15, 0.2) is 61.2 Å². The Bertz CT molecular complexity index is 2420. The fraction of sp³-hybridized carbons (Fsp3) is 0.211. The van der Waals surface area contributed by atoms with E-state index >= 15 is 0 Å². The lowest BCUT2D eigenvalue weighted by Gasteiger charge is -2.10. The lowest BCUT2D eigenvalue weighted by atomic mass is 10.0. The van der Waals surface area contributed by atoms with Gasteiger partial charge in [0.2, 0.25) is 11.8 Å². The standard InChI is InChI=1S/2C19H15FN6O/c2*1-9-7-23-11(6-21)4-12(9)16-2-10-3-17(24-8-14(10)18(22)25-16)26-19(27)13-5-15(13)20/h2*2-4,7-8,13,15H,5H2,1H3,(H2,22,25)(H,24,26,27)/t13?,15-;13-,15+/m11/s1. The number of carbonyl (C=O) groups excluding carboxylic acids is 2. The van der Waals surface area contributed by atoms with E-state index in [1.165, 1.54) is 12.4 Å². The molecule has 4 atom stereocenters. The number of nitrogen functional groups attached to an aromatic ring is 2. The molecule has 54 heavy (non-hydrogen) atoms. The smallest absolute Gasteiger partial charge is 0.231 e. The quantitative estimate of drug-likeness (QED) is 0.167. The summed E-state index contributed by atoms with van der Waals surface area (Å²) in [7, 11) is 0. The first-order valence-corrected chi connectivity index (χ1v) is 16.7. The van der Waals surface area contributed by atoms with Crippen LogP contribution in [0.5, 0.6) is 0 Å². The van der Waals surface area contributed by atoms with Crippen molar-refractivity contribution in [3.8, 4) is 34.7 Å². The van der Waals surface area contributed by atoms with Crippen LogP contribution in [-0.4, -0.2) is 54.1 Å². The molecule has 0 bridgehead atoms. The third-order valence-corrected chi connectivity index (χ3v) is 9.08. The molecule has 2 saturated carbocycles. The molecule has 268 valence electrons. The van der Waals surface area contributed by atoms with E-state index in [2.05, 4.69) is 40.5 Å². The maximum atomic E-state index is 13.0. The highest BCUT2D eigenvalue weighted by Gasteiger charge is 2.44. The van der Waals surface area contributed by atoms with Crippen LogP contribution in [0, 0.1) is 48.3 Å². The van der Waals surface area contributed by atoms with Crippen LogP contribution in [-0.2, 0) is 9.59 Å². The normalized spacial score (nSPS) is 18.1. The molecule has 6 N–H and O–H groups in total. The first-order chi connectivity index (χ1) is 25.9. The molecule has 8 rings (SSSR count). The molecule has 14 nitrogen and oxygen atoms in total. The molecular weight excluding hydrogens is 694 g/mol. The minimum atomic E-state index is -1.07. The van der Waals surface area contributed by atoms with Gasteiger partial charge in [-0.2, -0.15) is 10.5 Å². The summed E-state index contributed by atoms with van der Waals surface area (Å²) in [6, 6.07) is 14.3. The molecule has 2 aliphatic rings. The molecule has 0 saturated heterocycles. The fourth-order valence-corrected chi connectivity index (χ4v) is 5.79. The number of nitriles is 2. The molecule has 0 radical (unpaired) electrons. The predicted molar refractivity (Wildman–Crippen MR) is 197 cm³/mol. The highest BCUT2D eigenvalue weighted by molar-refractivity contribution is 6.00. The van der Waals surface area contributed by atoms with E-state index < -0.39 is 24.2 Å². The number of anilines is 4. The first kappa shape index (κ1) is 35.2. The number of nitrogens with two attached hydrogens (primary N) is 2. The van der Waals surface area contributed by atoms with Crippen molar-refractivity contribution in [3.63, 3.8) is 0 Å². The van der Waals surface area contributed by atoms with Gasteiger partial charge < -0.3 is 22.1 Å². The van der Waals surface area contributed by atoms with Crippen LogP contribution in [0.25, 0.3) is 44.1 Å². The van der Waals surface area contributed by atoms with Gasteiger partial charge in [0.05, 0.1) is 23.2 Å². The molecule has 0 aliphatic heterocycles. The molecule has 0 aromatic carbocycles. The molecule has 2 aliphatic carbocycles. The van der Waals surface area contributed by atoms with Crippen molar-refractivity contribution in [3.05, 3.63) is 83.7 Å². The van der Waals surface area contributed by atoms with Crippen molar-refractivity contribution in [2.24, 2.45) is 11.8 Å². The van der Waals surface area contributed by atoms with E-state index in [0.717, 1.165) is 33.0 Å². The van der Waals surface area contributed by atoms with Crippen LogP contribution in [0.4, 0.5) is 32.1 Å². The van der Waals surface area contributed by atoms with E-state index in [-0.39, 0.29) is 47.7 Å². The number of rotatable bonds is 6. The molecule has 6 heterocycles. The number of fused-ring (bicyclic) bond motifs is 2. The van der Waals surface area contributed by atoms with E-state index in [1.807, 2.05) is 38.1 Å². The van der Waals surface area contributed by atoms with Gasteiger partial charge in [-0.3, -0.25) is 9.59 Å². The Labute approximate surface area is 306 Å². The second kappa shape index (κ2) is 14.1. The Morgan fingerprint density at radius 1 is 0.667 bits per heavy atom. The lowest BCUT2D eigenvalue weighted by molar-refractivity contribution is -0.118. The number of aromatic nitrogens is 6. The highest BCUT2D eigenvalue weighted by atomic mass is 19.1. The average molecular weight is 725 g/mol. The van der Waals surface area contributed by atoms with Gasteiger partial charge in [-0.05, 0) is 85.0 Å². The minimum absolute atomic E-state index is 0.253. The number of aryl methyl sites for hydroxylation is 2. The summed E-state index contributed by atoms with van der Waals surface area (Å²) in [6.07, 6.45) is 4.63. The van der Waals surface area contributed by atoms with Crippen LogP contribution in [0.2, 0.25) is 0 Å². The van der Waals surface area contributed by atoms with Crippen LogP contribution < -0.4 is 22.1 Å². The number of alkyl halides is 2. The van der Waals surface area contributed by atoms with Crippen molar-refractivity contribution < 1.29 is 18.4 Å². The van der Waals surface area contributed by atoms with Crippen LogP contribution in [0.1, 0.15) is 35.4 Å². The van der Waals surface area contributed by atoms with Crippen molar-refractivity contribution in [2.45, 2.75) is 39.0 Å². The number of carbonyl (C=O) groups is 2. The van der Waals surface area contributed by atoms with E-state index in [0.29, 0.717) is 33.8 Å². The maximum Gasteiger partial charge on any atom is 0.231 e. The third kappa shape index (κ3) is 7.26. The number of nitrogens with one attached hydrogen (secondary N) is 2. The van der Waals surface area contributed by atoms with Gasteiger partial charge in [-0.1, -0.05) is 0 Å². The van der Waals surface area contributed by atoms with E-state index in [4.69, 9.17) is 22.0 Å². The fourth-order valence-electron chi connectivity index (χ4n) is 5.79. The molecule has 2 fully saturated rings. The molecule has 1 unspecified atom stereocenters. The van der Waals surface area contributed by atoms with Gasteiger partial charge in [-0.15, -0.1) is 0 Å². The zero-order chi connectivity index (χ0) is 38.3. The minimum Gasteiger partial charge on any atom is -0.383 e. The summed E-state index contributed by atoms with van der Waals surface area (Å²) in [5.41, 5.74) is 17.1. The predicted octanol–water partition coefficient (Wildman–Crippen LogP) is 5.50. The number of hydrogen-bond donors (Lipinski definition) is 4. The molecule has 6 aromatic rings. The monoisotopic (exact) mass is 724 g/mol. The summed E-state index contributed by atoms with van der Waals surface area (Å²) in [6.45, 7) is 3.74. The number of nitrogens with zero attached hydrogens (tertiary/aromatic N) is 8. The maximum absolute atomic E-state index is 13.0. The zero-order valence-corrected chi connectivity index (χ0v) is 28.8. The Kier molecular flexibility index (Phi) is 9.18. The number of amides is 2. The van der Waals surface area contributed by atoms with Gasteiger partial charge >= 0.3 is 0 Å². The number of hydrogen-bond acceptors (Lipinski definition) is 12. The van der Waals surface area contributed by atoms with Crippen molar-refractivity contribution in [2.75, 3.05) is 22.1 Å². The number of pyridine rings is 6. The molecule has 6 aromatic heterocycles. The number of halogens is 2. The molecule has 16 heteroatoms. The van der Waals surface area contributed by atoms with Gasteiger partial charge in [0.1, 0.15) is 59.1 Å². The largest absolute Gasteiger partial charge is 0.383 e. The van der Waals surface area contributed by atoms with Gasteiger partial charge in [0.25, 0.3) is 0 Å². The Morgan fingerprint density at radius 3 is 1.41 bits per heavy atom.